The van der Waals surface area contributed by atoms with Gasteiger partial charge < -0.3 is 24.8 Å². The minimum atomic E-state index is -0.242. The number of fused-ring (bicyclic) bond motifs is 1. The molecule has 1 amide bonds. The Bertz CT molecular complexity index is 793. The van der Waals surface area contributed by atoms with Crippen LogP contribution in [-0.4, -0.2) is 48.3 Å². The highest BCUT2D eigenvalue weighted by Crippen LogP contribution is 2.33. The second-order valence-electron chi connectivity index (χ2n) is 6.12. The Balaban J connectivity index is 1.41. The fourth-order valence-electron chi connectivity index (χ4n) is 2.92. The molecule has 0 saturated carbocycles. The molecule has 2 aliphatic rings. The van der Waals surface area contributed by atoms with Crippen LogP contribution < -0.4 is 20.1 Å². The summed E-state index contributed by atoms with van der Waals surface area (Å²) in [6.45, 7) is 2.33. The number of nitrogens with zero attached hydrogens (tertiary/aromatic N) is 2. The third kappa shape index (κ3) is 3.85. The Morgan fingerprint density at radius 1 is 1.12 bits per heavy atom. The van der Waals surface area contributed by atoms with Gasteiger partial charge in [-0.25, -0.2) is 9.97 Å². The van der Waals surface area contributed by atoms with Gasteiger partial charge >= 0.3 is 0 Å². The molecule has 2 aliphatic heterocycles. The van der Waals surface area contributed by atoms with E-state index in [1.807, 2.05) is 18.2 Å². The van der Waals surface area contributed by atoms with E-state index in [9.17, 15) is 4.79 Å². The predicted octanol–water partition coefficient (Wildman–Crippen LogP) is 1.90. The number of benzene rings is 1. The summed E-state index contributed by atoms with van der Waals surface area (Å²) in [5, 5.41) is 6.01. The number of amides is 1. The Morgan fingerprint density at radius 3 is 2.85 bits per heavy atom. The summed E-state index contributed by atoms with van der Waals surface area (Å²) in [7, 11) is 0. The Morgan fingerprint density at radius 2 is 2.00 bits per heavy atom. The summed E-state index contributed by atoms with van der Waals surface area (Å²) in [6, 6.07) is 7.16. The molecule has 1 saturated heterocycles. The van der Waals surface area contributed by atoms with E-state index in [1.54, 1.807) is 6.07 Å². The molecule has 1 unspecified atom stereocenters. The van der Waals surface area contributed by atoms with E-state index in [-0.39, 0.29) is 12.0 Å². The van der Waals surface area contributed by atoms with Gasteiger partial charge in [0.2, 0.25) is 0 Å². The molecule has 1 aromatic carbocycles. The lowest BCUT2D eigenvalue weighted by atomic mass is 10.2. The normalized spacial score (nSPS) is 18.4. The molecule has 8 nitrogen and oxygen atoms in total. The number of rotatable bonds is 5. The van der Waals surface area contributed by atoms with Crippen molar-refractivity contribution >= 4 is 17.4 Å². The zero-order chi connectivity index (χ0) is 17.8. The number of anilines is 2. The fraction of sp³-hybridized carbons (Fsp3) is 0.389. The Kier molecular flexibility index (Phi) is 4.83. The van der Waals surface area contributed by atoms with Crippen LogP contribution in [0.2, 0.25) is 0 Å². The lowest BCUT2D eigenvalue weighted by Gasteiger charge is -2.19. The summed E-state index contributed by atoms with van der Waals surface area (Å²) in [5.74, 6) is 1.69. The van der Waals surface area contributed by atoms with Crippen molar-refractivity contribution in [2.75, 3.05) is 31.7 Å². The lowest BCUT2D eigenvalue weighted by Crippen LogP contribution is -2.32. The first-order valence-electron chi connectivity index (χ1n) is 8.66. The minimum absolute atomic E-state index is 0.0936. The zero-order valence-corrected chi connectivity index (χ0v) is 14.2. The number of hydrogen-bond acceptors (Lipinski definition) is 7. The van der Waals surface area contributed by atoms with Gasteiger partial charge in [0, 0.05) is 31.0 Å². The van der Waals surface area contributed by atoms with E-state index in [0.717, 1.165) is 30.9 Å². The average Bonchev–Trinajstić information content (AvgIpc) is 3.20. The maximum Gasteiger partial charge on any atom is 0.270 e. The molecule has 136 valence electrons. The summed E-state index contributed by atoms with van der Waals surface area (Å²) < 4.78 is 16.6. The molecule has 1 fully saturated rings. The third-order valence-corrected chi connectivity index (χ3v) is 4.23. The van der Waals surface area contributed by atoms with Gasteiger partial charge in [0.1, 0.15) is 31.1 Å². The minimum Gasteiger partial charge on any atom is -0.486 e. The third-order valence-electron chi connectivity index (χ3n) is 4.23. The first kappa shape index (κ1) is 16.6. The molecule has 0 bridgehead atoms. The smallest absolute Gasteiger partial charge is 0.270 e. The summed E-state index contributed by atoms with van der Waals surface area (Å²) in [5.41, 5.74) is 1.09. The van der Waals surface area contributed by atoms with Crippen molar-refractivity contribution in [3.8, 4) is 11.5 Å². The van der Waals surface area contributed by atoms with Gasteiger partial charge in [-0.1, -0.05) is 0 Å². The van der Waals surface area contributed by atoms with Crippen molar-refractivity contribution in [2.45, 2.75) is 18.9 Å². The second kappa shape index (κ2) is 7.57. The summed E-state index contributed by atoms with van der Waals surface area (Å²) in [4.78, 5) is 20.5. The van der Waals surface area contributed by atoms with Gasteiger partial charge in [-0.3, -0.25) is 4.79 Å². The SMILES string of the molecule is O=C(NCC1CCCO1)c1cc(Nc2ccc3c(c2)OCCO3)ncn1. The maximum absolute atomic E-state index is 12.3. The average molecular weight is 356 g/mol. The van der Waals surface area contributed by atoms with Crippen LogP contribution >= 0.6 is 0 Å². The lowest BCUT2D eigenvalue weighted by molar-refractivity contribution is 0.0853. The van der Waals surface area contributed by atoms with Crippen LogP contribution in [0.25, 0.3) is 0 Å². The Hall–Kier alpha value is -2.87. The van der Waals surface area contributed by atoms with E-state index in [0.29, 0.717) is 37.0 Å². The van der Waals surface area contributed by atoms with Crippen molar-refractivity contribution in [1.29, 1.82) is 0 Å². The molecule has 0 aliphatic carbocycles. The summed E-state index contributed by atoms with van der Waals surface area (Å²) >= 11 is 0. The first-order chi connectivity index (χ1) is 12.8. The fourth-order valence-corrected chi connectivity index (χ4v) is 2.92. The molecule has 1 atom stereocenters. The standard InChI is InChI=1S/C18H20N4O4/c23-18(19-10-13-2-1-5-24-13)14-9-17(21-11-20-14)22-12-3-4-15-16(8-12)26-7-6-25-15/h3-4,8-9,11,13H,1-2,5-7,10H2,(H,19,23)(H,20,21,22). The van der Waals surface area contributed by atoms with Crippen LogP contribution in [0.1, 0.15) is 23.3 Å². The van der Waals surface area contributed by atoms with E-state index < -0.39 is 0 Å². The van der Waals surface area contributed by atoms with Gasteiger partial charge in [-0.05, 0) is 25.0 Å². The number of carbonyl (C=O) groups excluding carboxylic acids is 1. The molecule has 4 rings (SSSR count). The van der Waals surface area contributed by atoms with E-state index in [4.69, 9.17) is 14.2 Å². The van der Waals surface area contributed by atoms with Crippen molar-refractivity contribution < 1.29 is 19.0 Å². The topological polar surface area (TPSA) is 94.6 Å². The molecular formula is C18H20N4O4. The summed E-state index contributed by atoms with van der Waals surface area (Å²) in [6.07, 6.45) is 3.47. The van der Waals surface area contributed by atoms with Crippen molar-refractivity contribution in [3.63, 3.8) is 0 Å². The van der Waals surface area contributed by atoms with Crippen molar-refractivity contribution in [2.24, 2.45) is 0 Å². The van der Waals surface area contributed by atoms with Gasteiger partial charge in [0.25, 0.3) is 5.91 Å². The molecule has 3 heterocycles. The highest BCUT2D eigenvalue weighted by molar-refractivity contribution is 5.93. The van der Waals surface area contributed by atoms with E-state index in [1.165, 1.54) is 6.33 Å². The number of aromatic nitrogens is 2. The van der Waals surface area contributed by atoms with Gasteiger partial charge in [0.05, 0.1) is 6.10 Å². The molecule has 0 spiro atoms. The number of ether oxygens (including phenoxy) is 3. The van der Waals surface area contributed by atoms with Gasteiger partial charge in [0.15, 0.2) is 11.5 Å². The molecule has 1 aromatic heterocycles. The van der Waals surface area contributed by atoms with Crippen molar-refractivity contribution in [3.05, 3.63) is 36.3 Å². The molecule has 0 radical (unpaired) electrons. The highest BCUT2D eigenvalue weighted by atomic mass is 16.6. The number of nitrogens with one attached hydrogen (secondary N) is 2. The van der Waals surface area contributed by atoms with Crippen LogP contribution in [-0.2, 0) is 4.74 Å². The highest BCUT2D eigenvalue weighted by Gasteiger charge is 2.17. The van der Waals surface area contributed by atoms with Crippen LogP contribution in [0.15, 0.2) is 30.6 Å². The molecule has 26 heavy (non-hydrogen) atoms. The number of carbonyl (C=O) groups is 1. The monoisotopic (exact) mass is 356 g/mol. The Labute approximate surface area is 150 Å². The van der Waals surface area contributed by atoms with Gasteiger partial charge in [-0.2, -0.15) is 0 Å². The molecule has 8 heteroatoms. The molecule has 2 aromatic rings. The predicted molar refractivity (Wildman–Crippen MR) is 94.1 cm³/mol. The van der Waals surface area contributed by atoms with Crippen LogP contribution in [0.5, 0.6) is 11.5 Å². The van der Waals surface area contributed by atoms with Crippen molar-refractivity contribution in [1.82, 2.24) is 15.3 Å². The molecular weight excluding hydrogens is 336 g/mol. The molecule has 2 N–H and O–H groups in total. The maximum atomic E-state index is 12.3. The largest absolute Gasteiger partial charge is 0.486 e. The number of hydrogen-bond donors (Lipinski definition) is 2. The quantitative estimate of drug-likeness (QED) is 0.845. The second-order valence-corrected chi connectivity index (χ2v) is 6.12. The van der Waals surface area contributed by atoms with E-state index in [2.05, 4.69) is 20.6 Å². The van der Waals surface area contributed by atoms with E-state index >= 15 is 0 Å². The zero-order valence-electron chi connectivity index (χ0n) is 14.2. The van der Waals surface area contributed by atoms with Crippen LogP contribution in [0.3, 0.4) is 0 Å². The van der Waals surface area contributed by atoms with Gasteiger partial charge in [-0.15, -0.1) is 0 Å². The first-order valence-corrected chi connectivity index (χ1v) is 8.66. The van der Waals surface area contributed by atoms with Crippen LogP contribution in [0, 0.1) is 0 Å². The van der Waals surface area contributed by atoms with Crippen LogP contribution in [0.4, 0.5) is 11.5 Å².